The number of hydrogen-bond acceptors (Lipinski definition) is 1. The molecule has 1 atom stereocenters. The van der Waals surface area contributed by atoms with Crippen LogP contribution in [0, 0.1) is 6.92 Å². The summed E-state index contributed by atoms with van der Waals surface area (Å²) in [5, 5.41) is 6.41. The molecule has 2 heterocycles. The molecular weight excluding hydrogens is 581 g/mol. The van der Waals surface area contributed by atoms with Gasteiger partial charge in [-0.2, -0.15) is 0 Å². The van der Waals surface area contributed by atoms with Crippen LogP contribution >= 0.6 is 0 Å². The van der Waals surface area contributed by atoms with Crippen molar-refractivity contribution in [3.05, 3.63) is 173 Å². The topological polar surface area (TPSA) is 17.0 Å². The van der Waals surface area contributed by atoms with E-state index in [2.05, 4.69) is 173 Å². The van der Waals surface area contributed by atoms with Gasteiger partial charge in [0.15, 0.2) is 0 Å². The lowest BCUT2D eigenvalue weighted by Crippen LogP contribution is -2.25. The normalized spacial score (nSPS) is 16.0. The van der Waals surface area contributed by atoms with E-state index in [0.717, 1.165) is 5.57 Å². The Kier molecular flexibility index (Phi) is 9.55. The summed E-state index contributed by atoms with van der Waals surface area (Å²) in [5.41, 5.74) is 14.1. The summed E-state index contributed by atoms with van der Waals surface area (Å²) in [6.07, 6.45) is 6.95. The van der Waals surface area contributed by atoms with E-state index < -0.39 is 0 Å². The molecule has 2 nitrogen and oxygen atoms in total. The lowest BCUT2D eigenvalue weighted by Gasteiger charge is -2.28. The van der Waals surface area contributed by atoms with Crippen molar-refractivity contribution in [2.45, 2.75) is 65.8 Å². The molecule has 1 unspecified atom stereocenters. The lowest BCUT2D eigenvalue weighted by atomic mass is 9.77. The first-order chi connectivity index (χ1) is 23.1. The first-order valence-corrected chi connectivity index (χ1v) is 17.1. The average Bonchev–Trinajstić information content (AvgIpc) is 3.56. The maximum Gasteiger partial charge on any atom is 0.0606 e. The van der Waals surface area contributed by atoms with Gasteiger partial charge in [-0.3, -0.25) is 0 Å². The monoisotopic (exact) mass is 628 g/mol. The molecule has 0 spiro atoms. The number of aryl methyl sites for hydroxylation is 1. The van der Waals surface area contributed by atoms with E-state index in [9.17, 15) is 0 Å². The minimum absolute atomic E-state index is 0.0318. The van der Waals surface area contributed by atoms with Crippen LogP contribution in [0.4, 0.5) is 5.69 Å². The first-order valence-electron chi connectivity index (χ1n) is 17.1. The summed E-state index contributed by atoms with van der Waals surface area (Å²) in [6, 6.07) is 43.5. The Labute approximate surface area is 287 Å². The molecule has 1 aliphatic heterocycles. The molecular formula is C46H48N2. The molecule has 6 aromatic rings. The Balaban J connectivity index is 0.000000220. The molecule has 1 aliphatic carbocycles. The van der Waals surface area contributed by atoms with Crippen LogP contribution in [0.5, 0.6) is 0 Å². The molecule has 2 aliphatic rings. The summed E-state index contributed by atoms with van der Waals surface area (Å²) in [6.45, 7) is 17.3. The van der Waals surface area contributed by atoms with Crippen molar-refractivity contribution in [2.24, 2.45) is 0 Å². The van der Waals surface area contributed by atoms with Crippen molar-refractivity contribution in [1.82, 2.24) is 4.57 Å². The molecule has 8 rings (SSSR count). The molecule has 5 aromatic carbocycles. The molecule has 1 aromatic heterocycles. The van der Waals surface area contributed by atoms with Crippen LogP contribution in [0.1, 0.15) is 75.8 Å². The Hall–Kier alpha value is -5.08. The van der Waals surface area contributed by atoms with Crippen LogP contribution in [0.15, 0.2) is 151 Å². The van der Waals surface area contributed by atoms with Gasteiger partial charge in [0, 0.05) is 27.6 Å². The van der Waals surface area contributed by atoms with E-state index >= 15 is 0 Å². The summed E-state index contributed by atoms with van der Waals surface area (Å²) >= 11 is 0. The number of fused-ring (bicyclic) bond motifs is 4. The third kappa shape index (κ3) is 6.66. The second kappa shape index (κ2) is 14.0. The number of aromatic nitrogens is 1. The van der Waals surface area contributed by atoms with E-state index in [0.29, 0.717) is 0 Å². The molecule has 0 saturated heterocycles. The zero-order valence-electron chi connectivity index (χ0n) is 29.3. The highest BCUT2D eigenvalue weighted by atomic mass is 15.0. The zero-order valence-corrected chi connectivity index (χ0v) is 29.3. The van der Waals surface area contributed by atoms with Crippen LogP contribution in [-0.4, -0.2) is 4.57 Å². The van der Waals surface area contributed by atoms with Gasteiger partial charge in [0.25, 0.3) is 0 Å². The van der Waals surface area contributed by atoms with Gasteiger partial charge < -0.3 is 9.88 Å². The number of rotatable bonds is 3. The van der Waals surface area contributed by atoms with Gasteiger partial charge in [-0.1, -0.05) is 146 Å². The quantitative estimate of drug-likeness (QED) is 0.206. The van der Waals surface area contributed by atoms with Gasteiger partial charge in [-0.05, 0) is 87.6 Å². The van der Waals surface area contributed by atoms with Crippen molar-refractivity contribution >= 4 is 33.1 Å². The molecule has 0 bridgehead atoms. The highest BCUT2D eigenvalue weighted by Crippen LogP contribution is 2.50. The van der Waals surface area contributed by atoms with Crippen molar-refractivity contribution in [2.75, 3.05) is 5.32 Å². The third-order valence-electron chi connectivity index (χ3n) is 9.95. The summed E-state index contributed by atoms with van der Waals surface area (Å²) < 4.78 is 2.40. The Morgan fingerprint density at radius 1 is 0.750 bits per heavy atom. The summed E-state index contributed by atoms with van der Waals surface area (Å²) in [4.78, 5) is 0. The maximum absolute atomic E-state index is 4.09. The lowest BCUT2D eigenvalue weighted by molar-refractivity contribution is 0.474. The van der Waals surface area contributed by atoms with E-state index in [-0.39, 0.29) is 11.5 Å². The molecule has 0 radical (unpaired) electrons. The molecule has 242 valence electrons. The summed E-state index contributed by atoms with van der Waals surface area (Å²) in [7, 11) is 0. The number of hydrogen-bond donors (Lipinski definition) is 1. The smallest absolute Gasteiger partial charge is 0.0606 e. The minimum Gasteiger partial charge on any atom is -0.377 e. The third-order valence-corrected chi connectivity index (χ3v) is 9.95. The number of benzene rings is 5. The number of allylic oxidation sites excluding steroid dienone is 5. The van der Waals surface area contributed by atoms with Crippen LogP contribution in [0.2, 0.25) is 0 Å². The molecule has 2 heteroatoms. The predicted molar refractivity (Wildman–Crippen MR) is 209 cm³/mol. The number of anilines is 1. The minimum atomic E-state index is -0.0318. The van der Waals surface area contributed by atoms with E-state index in [1.807, 2.05) is 18.2 Å². The van der Waals surface area contributed by atoms with Gasteiger partial charge in [0.05, 0.1) is 17.1 Å². The van der Waals surface area contributed by atoms with Gasteiger partial charge in [-0.15, -0.1) is 0 Å². The first kappa shape index (κ1) is 32.8. The average molecular weight is 629 g/mol. The van der Waals surface area contributed by atoms with Gasteiger partial charge in [-0.25, -0.2) is 0 Å². The molecule has 0 fully saturated rings. The van der Waals surface area contributed by atoms with Crippen molar-refractivity contribution in [1.29, 1.82) is 0 Å². The fourth-order valence-corrected chi connectivity index (χ4v) is 6.91. The largest absolute Gasteiger partial charge is 0.377 e. The fourth-order valence-electron chi connectivity index (χ4n) is 6.91. The second-order valence-electron chi connectivity index (χ2n) is 13.9. The van der Waals surface area contributed by atoms with Gasteiger partial charge >= 0.3 is 0 Å². The molecule has 0 amide bonds. The molecule has 48 heavy (non-hydrogen) atoms. The SMILES string of the molecule is C=C(C)c1ccc(-n2c3ccccc3c3cc4c(cc32)C(C)(C)C(c2ccccc2)N4)cc1.CC1=C(C)CCC=C1.Cc1ccccc1. The second-order valence-corrected chi connectivity index (χ2v) is 13.9. The number of nitrogens with one attached hydrogen (secondary N) is 1. The van der Waals surface area contributed by atoms with Crippen molar-refractivity contribution in [3.63, 3.8) is 0 Å². The van der Waals surface area contributed by atoms with E-state index in [4.69, 9.17) is 0 Å². The van der Waals surface area contributed by atoms with E-state index in [1.165, 1.54) is 73.8 Å². The fraction of sp³-hybridized carbons (Fsp3) is 0.217. The van der Waals surface area contributed by atoms with Gasteiger partial charge in [0.1, 0.15) is 0 Å². The molecule has 1 N–H and O–H groups in total. The van der Waals surface area contributed by atoms with Crippen LogP contribution in [0.3, 0.4) is 0 Å². The highest BCUT2D eigenvalue weighted by molar-refractivity contribution is 6.11. The summed E-state index contributed by atoms with van der Waals surface area (Å²) in [5.74, 6) is 0. The van der Waals surface area contributed by atoms with Crippen molar-refractivity contribution < 1.29 is 0 Å². The Bertz CT molecular complexity index is 2110. The number of nitrogens with zero attached hydrogens (tertiary/aromatic N) is 1. The van der Waals surface area contributed by atoms with Crippen LogP contribution in [-0.2, 0) is 5.41 Å². The maximum atomic E-state index is 4.09. The van der Waals surface area contributed by atoms with Crippen LogP contribution < -0.4 is 5.32 Å². The Morgan fingerprint density at radius 3 is 1.98 bits per heavy atom. The Morgan fingerprint density at radius 2 is 1.40 bits per heavy atom. The standard InChI is InChI=1S/C31H28N2.C8H12.C7H8/c1-20(2)21-14-16-23(17-15-21)33-28-13-9-8-12-24(28)25-18-27-26(19-29(25)33)31(3,4)30(32-27)22-10-6-5-7-11-22;1-7-5-3-4-6-8(7)2;1-7-5-3-2-4-6-7/h5-19,30,32H,1H2,2-4H3;3,5H,4,6H2,1-2H3;2-6H,1H3. The predicted octanol–water partition coefficient (Wildman–Crippen LogP) is 12.9. The number of para-hydroxylation sites is 1. The van der Waals surface area contributed by atoms with E-state index in [1.54, 1.807) is 5.57 Å². The highest BCUT2D eigenvalue weighted by Gasteiger charge is 2.40. The van der Waals surface area contributed by atoms with Crippen molar-refractivity contribution in [3.8, 4) is 5.69 Å². The molecule has 0 saturated carbocycles. The zero-order chi connectivity index (χ0) is 33.8. The van der Waals surface area contributed by atoms with Gasteiger partial charge in [0.2, 0.25) is 0 Å². The van der Waals surface area contributed by atoms with Crippen LogP contribution in [0.25, 0.3) is 33.1 Å².